The van der Waals surface area contributed by atoms with E-state index in [0.717, 1.165) is 21.3 Å². The lowest BCUT2D eigenvalue weighted by molar-refractivity contribution is 0.269. The predicted octanol–water partition coefficient (Wildman–Crippen LogP) is 3.06. The molecule has 0 bridgehead atoms. The Morgan fingerprint density at radius 2 is 1.95 bits per heavy atom. The second-order valence-corrected chi connectivity index (χ2v) is 5.58. The Labute approximate surface area is 127 Å². The molecular weight excluding hydrogens is 292 g/mol. The zero-order valence-electron chi connectivity index (χ0n) is 11.4. The van der Waals surface area contributed by atoms with Gasteiger partial charge in [0.2, 0.25) is 0 Å². The van der Waals surface area contributed by atoms with Gasteiger partial charge in [-0.05, 0) is 26.0 Å². The van der Waals surface area contributed by atoms with Crippen LogP contribution in [0.1, 0.15) is 22.5 Å². The van der Waals surface area contributed by atoms with E-state index in [1.807, 2.05) is 38.1 Å². The number of hydrogen-bond acceptors (Lipinski definition) is 5. The largest absolute Gasteiger partial charge is 0.490 e. The van der Waals surface area contributed by atoms with Gasteiger partial charge in [-0.3, -0.25) is 0 Å². The topological polar surface area (TPSA) is 57.4 Å². The van der Waals surface area contributed by atoms with Gasteiger partial charge in [0.05, 0.1) is 17.2 Å². The van der Waals surface area contributed by atoms with Crippen LogP contribution in [0.3, 0.4) is 0 Å². The first-order valence-corrected chi connectivity index (χ1v) is 7.45. The quantitative estimate of drug-likeness (QED) is 0.831. The molecule has 20 heavy (non-hydrogen) atoms. The molecule has 1 aromatic heterocycles. The second kappa shape index (κ2) is 6.67. The fourth-order valence-electron chi connectivity index (χ4n) is 1.73. The molecular formula is C14H16N2O2S2. The van der Waals surface area contributed by atoms with E-state index in [1.165, 1.54) is 11.3 Å². The summed E-state index contributed by atoms with van der Waals surface area (Å²) in [5.41, 5.74) is 6.49. The van der Waals surface area contributed by atoms with E-state index >= 15 is 0 Å². The van der Waals surface area contributed by atoms with E-state index < -0.39 is 0 Å². The van der Waals surface area contributed by atoms with Crippen molar-refractivity contribution in [2.24, 2.45) is 5.73 Å². The van der Waals surface area contributed by atoms with E-state index in [2.05, 4.69) is 4.98 Å². The molecule has 2 N–H and O–H groups in total. The monoisotopic (exact) mass is 308 g/mol. The summed E-state index contributed by atoms with van der Waals surface area (Å²) in [6.45, 7) is 4.80. The average molecular weight is 308 g/mol. The molecule has 0 amide bonds. The molecule has 0 aliphatic heterocycles. The standard InChI is InChI=1S/C14H16N2O2S2/c1-3-17-10-6-4-5-7-11(10)18-8-12-16-9(2)13(20-12)14(15)19/h4-7H,3,8H2,1-2H3,(H2,15,19). The molecule has 0 spiro atoms. The lowest BCUT2D eigenvalue weighted by Gasteiger charge is -2.10. The molecule has 6 heteroatoms. The van der Waals surface area contributed by atoms with Crippen LogP contribution in [0, 0.1) is 6.92 Å². The average Bonchev–Trinajstić information content (AvgIpc) is 2.79. The van der Waals surface area contributed by atoms with Crippen molar-refractivity contribution in [3.8, 4) is 11.5 Å². The van der Waals surface area contributed by atoms with Crippen molar-refractivity contribution < 1.29 is 9.47 Å². The third-order valence-corrected chi connectivity index (χ3v) is 4.06. The summed E-state index contributed by atoms with van der Waals surface area (Å²) in [5, 5.41) is 0.844. The molecule has 106 valence electrons. The summed E-state index contributed by atoms with van der Waals surface area (Å²) in [6.07, 6.45) is 0. The van der Waals surface area contributed by atoms with Crippen molar-refractivity contribution in [1.82, 2.24) is 4.98 Å². The van der Waals surface area contributed by atoms with Gasteiger partial charge >= 0.3 is 0 Å². The minimum Gasteiger partial charge on any atom is -0.490 e. The lowest BCUT2D eigenvalue weighted by Crippen LogP contribution is -2.08. The van der Waals surface area contributed by atoms with Gasteiger partial charge in [-0.15, -0.1) is 11.3 Å². The van der Waals surface area contributed by atoms with Crippen LogP contribution in [0.25, 0.3) is 0 Å². The minimum atomic E-state index is 0.373. The molecule has 0 aliphatic rings. The number of thiocarbonyl (C=S) groups is 1. The van der Waals surface area contributed by atoms with Crippen molar-refractivity contribution in [3.63, 3.8) is 0 Å². The third kappa shape index (κ3) is 3.46. The summed E-state index contributed by atoms with van der Waals surface area (Å²) in [6, 6.07) is 7.58. The maximum atomic E-state index is 5.76. The second-order valence-electron chi connectivity index (χ2n) is 4.05. The van der Waals surface area contributed by atoms with Gasteiger partial charge in [-0.25, -0.2) is 4.98 Å². The van der Waals surface area contributed by atoms with E-state index in [9.17, 15) is 0 Å². The maximum absolute atomic E-state index is 5.76. The number of para-hydroxylation sites is 2. The van der Waals surface area contributed by atoms with E-state index in [1.54, 1.807) is 0 Å². The Morgan fingerprint density at radius 3 is 2.50 bits per heavy atom. The van der Waals surface area contributed by atoms with E-state index in [4.69, 9.17) is 27.4 Å². The highest BCUT2D eigenvalue weighted by Crippen LogP contribution is 2.28. The van der Waals surface area contributed by atoms with Crippen molar-refractivity contribution >= 4 is 28.5 Å². The predicted molar refractivity (Wildman–Crippen MR) is 84.7 cm³/mol. The Balaban J connectivity index is 2.09. The molecule has 0 fully saturated rings. The van der Waals surface area contributed by atoms with Gasteiger partial charge in [0, 0.05) is 0 Å². The van der Waals surface area contributed by atoms with Crippen molar-refractivity contribution in [1.29, 1.82) is 0 Å². The van der Waals surface area contributed by atoms with Gasteiger partial charge in [0.15, 0.2) is 11.5 Å². The molecule has 0 saturated carbocycles. The van der Waals surface area contributed by atoms with E-state index in [0.29, 0.717) is 24.0 Å². The summed E-state index contributed by atoms with van der Waals surface area (Å²) < 4.78 is 11.3. The lowest BCUT2D eigenvalue weighted by atomic mass is 10.3. The number of benzene rings is 1. The number of nitrogens with zero attached hydrogens (tertiary/aromatic N) is 1. The highest BCUT2D eigenvalue weighted by molar-refractivity contribution is 7.81. The van der Waals surface area contributed by atoms with Crippen LogP contribution in [0.2, 0.25) is 0 Å². The van der Waals surface area contributed by atoms with Crippen LogP contribution >= 0.6 is 23.6 Å². The minimum absolute atomic E-state index is 0.373. The molecule has 0 aliphatic carbocycles. The zero-order chi connectivity index (χ0) is 14.5. The molecule has 2 aromatic rings. The number of aryl methyl sites for hydroxylation is 1. The van der Waals surface area contributed by atoms with Gasteiger partial charge < -0.3 is 15.2 Å². The first kappa shape index (κ1) is 14.7. The Bertz CT molecular complexity index is 611. The van der Waals surface area contributed by atoms with E-state index in [-0.39, 0.29) is 0 Å². The number of hydrogen-bond donors (Lipinski definition) is 1. The van der Waals surface area contributed by atoms with Crippen molar-refractivity contribution in [3.05, 3.63) is 39.8 Å². The summed E-state index contributed by atoms with van der Waals surface area (Å²) in [5.74, 6) is 1.44. The molecule has 2 rings (SSSR count). The highest BCUT2D eigenvalue weighted by Gasteiger charge is 2.11. The Hall–Kier alpha value is -1.66. The van der Waals surface area contributed by atoms with Gasteiger partial charge in [0.25, 0.3) is 0 Å². The Morgan fingerprint density at radius 1 is 1.30 bits per heavy atom. The number of ether oxygens (including phenoxy) is 2. The molecule has 0 saturated heterocycles. The van der Waals surface area contributed by atoms with Crippen LogP contribution in [0.5, 0.6) is 11.5 Å². The zero-order valence-corrected chi connectivity index (χ0v) is 13.0. The van der Waals surface area contributed by atoms with Crippen molar-refractivity contribution in [2.45, 2.75) is 20.5 Å². The van der Waals surface area contributed by atoms with Crippen LogP contribution in [-0.4, -0.2) is 16.6 Å². The molecule has 0 atom stereocenters. The maximum Gasteiger partial charge on any atom is 0.161 e. The molecule has 1 heterocycles. The number of rotatable bonds is 6. The Kier molecular flexibility index (Phi) is 4.92. The van der Waals surface area contributed by atoms with Crippen LogP contribution in [0.4, 0.5) is 0 Å². The number of nitrogens with two attached hydrogens (primary N) is 1. The fraction of sp³-hybridized carbons (Fsp3) is 0.286. The van der Waals surface area contributed by atoms with Crippen LogP contribution in [-0.2, 0) is 6.61 Å². The highest BCUT2D eigenvalue weighted by atomic mass is 32.1. The van der Waals surface area contributed by atoms with Crippen LogP contribution in [0.15, 0.2) is 24.3 Å². The third-order valence-electron chi connectivity index (χ3n) is 2.56. The normalized spacial score (nSPS) is 10.3. The number of aromatic nitrogens is 1. The molecule has 1 aromatic carbocycles. The smallest absolute Gasteiger partial charge is 0.161 e. The SMILES string of the molecule is CCOc1ccccc1OCc1nc(C)c(C(N)=S)s1. The first-order chi connectivity index (χ1) is 9.61. The van der Waals surface area contributed by atoms with Gasteiger partial charge in [-0.2, -0.15) is 0 Å². The molecule has 0 unspecified atom stereocenters. The first-order valence-electron chi connectivity index (χ1n) is 6.22. The van der Waals surface area contributed by atoms with Crippen molar-refractivity contribution in [2.75, 3.05) is 6.61 Å². The number of thiazole rings is 1. The molecule has 4 nitrogen and oxygen atoms in total. The summed E-state index contributed by atoms with van der Waals surface area (Å²) in [7, 11) is 0. The summed E-state index contributed by atoms with van der Waals surface area (Å²) in [4.78, 5) is 5.63. The fourth-order valence-corrected chi connectivity index (χ4v) is 2.83. The van der Waals surface area contributed by atoms with Gasteiger partial charge in [0.1, 0.15) is 16.6 Å². The van der Waals surface area contributed by atoms with Crippen LogP contribution < -0.4 is 15.2 Å². The summed E-state index contributed by atoms with van der Waals surface area (Å²) >= 11 is 6.45. The van der Waals surface area contributed by atoms with Gasteiger partial charge in [-0.1, -0.05) is 24.4 Å². The molecule has 0 radical (unpaired) electrons.